The first-order valence-corrected chi connectivity index (χ1v) is 5.36. The lowest BCUT2D eigenvalue weighted by atomic mass is 9.80. The summed E-state index contributed by atoms with van der Waals surface area (Å²) in [6.45, 7) is 8.56. The fraction of sp³-hybridized carbons (Fsp3) is 0.833. The molecule has 0 spiro atoms. The van der Waals surface area contributed by atoms with E-state index in [1.807, 2.05) is 0 Å². The Morgan fingerprint density at radius 2 is 1.92 bits per heavy atom. The van der Waals surface area contributed by atoms with Gasteiger partial charge in [-0.15, -0.1) is 6.58 Å². The predicted octanol–water partition coefficient (Wildman–Crippen LogP) is 4.02. The van der Waals surface area contributed by atoms with Gasteiger partial charge in [0.05, 0.1) is 0 Å². The lowest BCUT2D eigenvalue weighted by Crippen LogP contribution is -2.17. The van der Waals surface area contributed by atoms with Gasteiger partial charge in [-0.1, -0.05) is 45.6 Å². The van der Waals surface area contributed by atoms with Crippen molar-refractivity contribution in [2.24, 2.45) is 17.8 Å². The lowest BCUT2D eigenvalue weighted by molar-refractivity contribution is 0.259. The summed E-state index contributed by atoms with van der Waals surface area (Å²) in [6.07, 6.45) is 9.19. The average Bonchev–Trinajstić information content (AvgIpc) is 2.51. The van der Waals surface area contributed by atoms with Gasteiger partial charge < -0.3 is 0 Å². The maximum atomic E-state index is 3.85. The number of hydrogen-bond donors (Lipinski definition) is 0. The van der Waals surface area contributed by atoms with Crippen molar-refractivity contribution in [2.45, 2.75) is 46.0 Å². The summed E-state index contributed by atoms with van der Waals surface area (Å²) in [7, 11) is 0. The first-order valence-electron chi connectivity index (χ1n) is 5.36. The average molecular weight is 166 g/mol. The minimum atomic E-state index is 0.839. The van der Waals surface area contributed by atoms with Gasteiger partial charge in [-0.3, -0.25) is 0 Å². The van der Waals surface area contributed by atoms with Crippen LogP contribution in [-0.2, 0) is 0 Å². The molecule has 0 heterocycles. The van der Waals surface area contributed by atoms with Crippen LogP contribution < -0.4 is 0 Å². The molecular formula is C12H22. The molecule has 0 aromatic heterocycles. The number of rotatable bonds is 4. The molecule has 1 saturated carbocycles. The molecule has 0 aliphatic heterocycles. The first-order chi connectivity index (χ1) is 5.75. The third-order valence-corrected chi connectivity index (χ3v) is 3.30. The summed E-state index contributed by atoms with van der Waals surface area (Å²) in [4.78, 5) is 0. The molecule has 0 radical (unpaired) electrons. The maximum absolute atomic E-state index is 3.85. The van der Waals surface area contributed by atoms with Gasteiger partial charge in [0, 0.05) is 0 Å². The second kappa shape index (κ2) is 4.69. The van der Waals surface area contributed by atoms with Crippen molar-refractivity contribution in [3.8, 4) is 0 Å². The molecule has 1 aliphatic rings. The number of hydrogen-bond acceptors (Lipinski definition) is 0. The molecule has 0 amide bonds. The Morgan fingerprint density at radius 1 is 1.33 bits per heavy atom. The zero-order chi connectivity index (χ0) is 8.97. The summed E-state index contributed by atoms with van der Waals surface area (Å²) in [5, 5.41) is 0. The van der Waals surface area contributed by atoms with Gasteiger partial charge >= 0.3 is 0 Å². The van der Waals surface area contributed by atoms with Crippen LogP contribution in [-0.4, -0.2) is 0 Å². The monoisotopic (exact) mass is 166 g/mol. The van der Waals surface area contributed by atoms with Crippen molar-refractivity contribution in [1.29, 1.82) is 0 Å². The van der Waals surface area contributed by atoms with Crippen LogP contribution in [0.15, 0.2) is 12.7 Å². The topological polar surface area (TPSA) is 0 Å². The van der Waals surface area contributed by atoms with Crippen molar-refractivity contribution in [3.05, 3.63) is 12.7 Å². The molecule has 0 N–H and O–H groups in total. The molecular weight excluding hydrogens is 144 g/mol. The third-order valence-electron chi connectivity index (χ3n) is 3.30. The van der Waals surface area contributed by atoms with Crippen LogP contribution in [0.5, 0.6) is 0 Å². The van der Waals surface area contributed by atoms with E-state index in [0.29, 0.717) is 0 Å². The fourth-order valence-corrected chi connectivity index (χ4v) is 2.59. The predicted molar refractivity (Wildman–Crippen MR) is 55.1 cm³/mol. The second-order valence-electron chi connectivity index (χ2n) is 4.48. The molecule has 1 atom stereocenters. The Balaban J connectivity index is 2.45. The molecule has 0 aromatic carbocycles. The normalized spacial score (nSPS) is 21.6. The molecule has 70 valence electrons. The molecule has 12 heavy (non-hydrogen) atoms. The summed E-state index contributed by atoms with van der Waals surface area (Å²) in [5.74, 6) is 2.75. The van der Waals surface area contributed by atoms with E-state index in [1.165, 1.54) is 32.1 Å². The Hall–Kier alpha value is -0.260. The molecule has 1 aliphatic carbocycles. The fourth-order valence-electron chi connectivity index (χ4n) is 2.59. The molecule has 0 saturated heterocycles. The highest BCUT2D eigenvalue weighted by Crippen LogP contribution is 2.37. The van der Waals surface area contributed by atoms with Crippen LogP contribution in [0.3, 0.4) is 0 Å². The maximum Gasteiger partial charge on any atom is -0.0320 e. The van der Waals surface area contributed by atoms with Gasteiger partial charge in [-0.05, 0) is 24.2 Å². The minimum Gasteiger partial charge on any atom is -0.103 e. The van der Waals surface area contributed by atoms with Gasteiger partial charge in [0.15, 0.2) is 0 Å². The smallest absolute Gasteiger partial charge is 0.0320 e. The van der Waals surface area contributed by atoms with Crippen molar-refractivity contribution in [2.75, 3.05) is 0 Å². The largest absolute Gasteiger partial charge is 0.103 e. The van der Waals surface area contributed by atoms with Gasteiger partial charge in [0.1, 0.15) is 0 Å². The zero-order valence-corrected chi connectivity index (χ0v) is 8.55. The van der Waals surface area contributed by atoms with E-state index in [-0.39, 0.29) is 0 Å². The van der Waals surface area contributed by atoms with Gasteiger partial charge in [-0.2, -0.15) is 0 Å². The Bertz CT molecular complexity index is 129. The Kier molecular flexibility index (Phi) is 3.84. The van der Waals surface area contributed by atoms with Crippen molar-refractivity contribution < 1.29 is 0 Å². The quantitative estimate of drug-likeness (QED) is 0.553. The van der Waals surface area contributed by atoms with Crippen LogP contribution in [0.4, 0.5) is 0 Å². The van der Waals surface area contributed by atoms with Gasteiger partial charge in [-0.25, -0.2) is 0 Å². The van der Waals surface area contributed by atoms with Crippen molar-refractivity contribution >= 4 is 0 Å². The van der Waals surface area contributed by atoms with Crippen molar-refractivity contribution in [3.63, 3.8) is 0 Å². The highest BCUT2D eigenvalue weighted by Gasteiger charge is 2.25. The highest BCUT2D eigenvalue weighted by molar-refractivity contribution is 4.82. The SMILES string of the molecule is C=CC[C@H](C(C)C)C1CCCC1. The summed E-state index contributed by atoms with van der Waals surface area (Å²) in [6, 6.07) is 0. The molecule has 0 bridgehead atoms. The molecule has 1 rings (SSSR count). The van der Waals surface area contributed by atoms with Gasteiger partial charge in [0.2, 0.25) is 0 Å². The highest BCUT2D eigenvalue weighted by atomic mass is 14.3. The Morgan fingerprint density at radius 3 is 2.33 bits per heavy atom. The molecule has 0 heteroatoms. The number of allylic oxidation sites excluding steroid dienone is 1. The van der Waals surface area contributed by atoms with Crippen LogP contribution in [0.1, 0.15) is 46.0 Å². The van der Waals surface area contributed by atoms with E-state index < -0.39 is 0 Å². The zero-order valence-electron chi connectivity index (χ0n) is 8.55. The molecule has 0 aromatic rings. The minimum absolute atomic E-state index is 0.839. The van der Waals surface area contributed by atoms with E-state index in [0.717, 1.165) is 17.8 Å². The molecule has 0 nitrogen and oxygen atoms in total. The Labute approximate surface area is 77.1 Å². The second-order valence-corrected chi connectivity index (χ2v) is 4.48. The van der Waals surface area contributed by atoms with Crippen LogP contribution in [0, 0.1) is 17.8 Å². The summed E-state index contributed by atoms with van der Waals surface area (Å²) in [5.41, 5.74) is 0. The van der Waals surface area contributed by atoms with Crippen LogP contribution >= 0.6 is 0 Å². The van der Waals surface area contributed by atoms with E-state index >= 15 is 0 Å². The van der Waals surface area contributed by atoms with E-state index in [1.54, 1.807) is 0 Å². The molecule has 0 unspecified atom stereocenters. The molecule has 1 fully saturated rings. The van der Waals surface area contributed by atoms with Gasteiger partial charge in [0.25, 0.3) is 0 Å². The van der Waals surface area contributed by atoms with Crippen LogP contribution in [0.25, 0.3) is 0 Å². The summed E-state index contributed by atoms with van der Waals surface area (Å²) < 4.78 is 0. The third kappa shape index (κ3) is 2.36. The van der Waals surface area contributed by atoms with E-state index in [9.17, 15) is 0 Å². The summed E-state index contributed by atoms with van der Waals surface area (Å²) >= 11 is 0. The van der Waals surface area contributed by atoms with E-state index in [2.05, 4.69) is 26.5 Å². The first kappa shape index (κ1) is 9.83. The lowest BCUT2D eigenvalue weighted by Gasteiger charge is -2.25. The van der Waals surface area contributed by atoms with Crippen LogP contribution in [0.2, 0.25) is 0 Å². The standard InChI is InChI=1S/C12H22/c1-4-7-12(10(2)3)11-8-5-6-9-11/h4,10-12H,1,5-9H2,2-3H3/t12-/m1/s1. The van der Waals surface area contributed by atoms with E-state index in [4.69, 9.17) is 0 Å². The van der Waals surface area contributed by atoms with Crippen molar-refractivity contribution in [1.82, 2.24) is 0 Å².